The van der Waals surface area contributed by atoms with Crippen molar-refractivity contribution in [2.24, 2.45) is 0 Å². The zero-order chi connectivity index (χ0) is 13.4. The summed E-state index contributed by atoms with van der Waals surface area (Å²) in [6.45, 7) is 0. The number of halogens is 3. The molecule has 0 aromatic heterocycles. The number of hydrogen-bond donors (Lipinski definition) is 2. The van der Waals surface area contributed by atoms with Crippen molar-refractivity contribution in [3.05, 3.63) is 22.3 Å². The molecule has 0 spiro atoms. The molecule has 0 unspecified atom stereocenters. The van der Waals surface area contributed by atoms with Crippen LogP contribution in [0.3, 0.4) is 0 Å². The summed E-state index contributed by atoms with van der Waals surface area (Å²) in [5, 5.41) is 9.07. The minimum atomic E-state index is -3.43. The van der Waals surface area contributed by atoms with Crippen LogP contribution in [0.4, 0.5) is 5.69 Å². The Balaban J connectivity index is 3.52. The van der Waals surface area contributed by atoms with Crippen LogP contribution >= 0.6 is 67.8 Å². The van der Waals surface area contributed by atoms with Crippen LogP contribution in [0.2, 0.25) is 0 Å². The summed E-state index contributed by atoms with van der Waals surface area (Å²) in [7, 11) is -3.43. The third-order valence-electron chi connectivity index (χ3n) is 1.67. The molecule has 0 aliphatic carbocycles. The monoisotopic (exact) mass is 593 g/mol. The minimum Gasteiger partial charge on any atom is -0.478 e. The Labute approximate surface area is 139 Å². The van der Waals surface area contributed by atoms with E-state index in [-0.39, 0.29) is 5.56 Å². The van der Waals surface area contributed by atoms with Crippen LogP contribution in [-0.2, 0) is 10.0 Å². The molecule has 0 bridgehead atoms. The van der Waals surface area contributed by atoms with E-state index in [2.05, 4.69) is 4.72 Å². The fourth-order valence-corrected chi connectivity index (χ4v) is 6.12. The molecule has 0 atom stereocenters. The van der Waals surface area contributed by atoms with Crippen LogP contribution in [0.5, 0.6) is 0 Å². The van der Waals surface area contributed by atoms with Crippen molar-refractivity contribution >= 4 is 89.5 Å². The number of carboxylic acid groups (broad SMARTS) is 1. The molecule has 94 valence electrons. The summed E-state index contributed by atoms with van der Waals surface area (Å²) in [5.41, 5.74) is 0.421. The predicted octanol–water partition coefficient (Wildman–Crippen LogP) is 2.57. The number of aromatic carboxylic acids is 1. The Kier molecular flexibility index (Phi) is 5.29. The number of rotatable bonds is 3. The van der Waals surface area contributed by atoms with E-state index in [0.29, 0.717) is 16.4 Å². The third kappa shape index (κ3) is 4.05. The van der Waals surface area contributed by atoms with E-state index in [1.165, 1.54) is 0 Å². The summed E-state index contributed by atoms with van der Waals surface area (Å²) in [6, 6.07) is 1.63. The largest absolute Gasteiger partial charge is 0.478 e. The molecular weight excluding hydrogens is 587 g/mol. The van der Waals surface area contributed by atoms with E-state index < -0.39 is 16.0 Å². The predicted molar refractivity (Wildman–Crippen MR) is 90.0 cm³/mol. The van der Waals surface area contributed by atoms with Gasteiger partial charge in [-0.15, -0.1) is 0 Å². The molecule has 17 heavy (non-hydrogen) atoms. The van der Waals surface area contributed by atoms with Crippen LogP contribution in [0.15, 0.2) is 6.07 Å². The maximum absolute atomic E-state index is 11.2. The minimum absolute atomic E-state index is 0.109. The van der Waals surface area contributed by atoms with Crippen LogP contribution < -0.4 is 4.72 Å². The van der Waals surface area contributed by atoms with Gasteiger partial charge in [0.1, 0.15) is 0 Å². The highest BCUT2D eigenvalue weighted by Gasteiger charge is 2.20. The van der Waals surface area contributed by atoms with Gasteiger partial charge in [0.25, 0.3) is 0 Å². The first-order valence-corrected chi connectivity index (χ1v) is 9.15. The molecule has 9 heteroatoms. The average Bonchev–Trinajstić information content (AvgIpc) is 2.09. The van der Waals surface area contributed by atoms with E-state index in [4.69, 9.17) is 5.11 Å². The van der Waals surface area contributed by atoms with E-state index in [0.717, 1.165) is 6.26 Å². The average molecular weight is 593 g/mol. The third-order valence-corrected chi connectivity index (χ3v) is 5.03. The summed E-state index contributed by atoms with van der Waals surface area (Å²) < 4.78 is 26.4. The molecule has 2 N–H and O–H groups in total. The molecule has 1 rings (SSSR count). The maximum Gasteiger partial charge on any atom is 0.337 e. The van der Waals surface area contributed by atoms with Crippen molar-refractivity contribution in [1.29, 1.82) is 0 Å². The van der Waals surface area contributed by atoms with E-state index in [1.807, 2.05) is 67.8 Å². The summed E-state index contributed by atoms with van der Waals surface area (Å²) in [4.78, 5) is 11.1. The number of nitrogens with one attached hydrogen (secondary N) is 1. The molecule has 0 aliphatic rings. The van der Waals surface area contributed by atoms with E-state index in [1.54, 1.807) is 6.07 Å². The van der Waals surface area contributed by atoms with Gasteiger partial charge in [-0.25, -0.2) is 13.2 Å². The van der Waals surface area contributed by atoms with E-state index >= 15 is 0 Å². The lowest BCUT2D eigenvalue weighted by Gasteiger charge is -2.12. The second-order valence-electron chi connectivity index (χ2n) is 3.08. The lowest BCUT2D eigenvalue weighted by Crippen LogP contribution is -2.15. The van der Waals surface area contributed by atoms with Crippen molar-refractivity contribution in [3.8, 4) is 0 Å². The molecular formula is C8H6I3NO4S. The molecule has 0 fully saturated rings. The van der Waals surface area contributed by atoms with Gasteiger partial charge in [-0.1, -0.05) is 0 Å². The Morgan fingerprint density at radius 3 is 2.24 bits per heavy atom. The van der Waals surface area contributed by atoms with Gasteiger partial charge in [0, 0.05) is 7.14 Å². The Bertz CT molecular complexity index is 585. The lowest BCUT2D eigenvalue weighted by atomic mass is 10.2. The fraction of sp³-hybridized carbons (Fsp3) is 0.125. The normalized spacial score (nSPS) is 11.3. The zero-order valence-electron chi connectivity index (χ0n) is 8.29. The first-order valence-electron chi connectivity index (χ1n) is 4.02. The number of carboxylic acids is 1. The van der Waals surface area contributed by atoms with Gasteiger partial charge in [-0.3, -0.25) is 4.72 Å². The van der Waals surface area contributed by atoms with Crippen molar-refractivity contribution in [2.45, 2.75) is 0 Å². The van der Waals surface area contributed by atoms with Gasteiger partial charge < -0.3 is 5.11 Å². The summed E-state index contributed by atoms with van der Waals surface area (Å²) in [6.07, 6.45) is 1.03. The SMILES string of the molecule is CS(=O)(=O)Nc1c(I)cc(I)c(C(=O)O)c1I. The fourth-order valence-electron chi connectivity index (χ4n) is 1.07. The van der Waals surface area contributed by atoms with Crippen molar-refractivity contribution in [3.63, 3.8) is 0 Å². The molecule has 1 aromatic rings. The van der Waals surface area contributed by atoms with Gasteiger partial charge in [0.15, 0.2) is 0 Å². The second kappa shape index (κ2) is 5.73. The number of benzene rings is 1. The van der Waals surface area contributed by atoms with Gasteiger partial charge in [0.2, 0.25) is 10.0 Å². The van der Waals surface area contributed by atoms with Gasteiger partial charge in [0.05, 0.1) is 21.1 Å². The van der Waals surface area contributed by atoms with Crippen LogP contribution in [0, 0.1) is 10.7 Å². The van der Waals surface area contributed by atoms with Crippen LogP contribution in [-0.4, -0.2) is 25.7 Å². The molecule has 0 aliphatic heterocycles. The Hall–Kier alpha value is 0.630. The lowest BCUT2D eigenvalue weighted by molar-refractivity contribution is 0.0694. The van der Waals surface area contributed by atoms with E-state index in [9.17, 15) is 13.2 Å². The standard InChI is InChI=1S/C8H6I3NO4S/c1-17(15,16)12-7-4(10)2-3(9)5(6(7)11)8(13)14/h2,12H,1H3,(H,13,14). The second-order valence-corrected chi connectivity index (χ2v) is 8.24. The topological polar surface area (TPSA) is 83.5 Å². The first kappa shape index (κ1) is 15.7. The zero-order valence-corrected chi connectivity index (χ0v) is 15.6. The van der Waals surface area contributed by atoms with Gasteiger partial charge in [-0.2, -0.15) is 0 Å². The highest BCUT2D eigenvalue weighted by atomic mass is 127. The molecule has 0 amide bonds. The van der Waals surface area contributed by atoms with Crippen molar-refractivity contribution in [1.82, 2.24) is 0 Å². The molecule has 0 saturated carbocycles. The molecule has 1 aromatic carbocycles. The van der Waals surface area contributed by atoms with Crippen LogP contribution in [0.1, 0.15) is 10.4 Å². The van der Waals surface area contributed by atoms with Crippen LogP contribution in [0.25, 0.3) is 0 Å². The number of anilines is 1. The molecule has 0 radical (unpaired) electrons. The highest BCUT2D eigenvalue weighted by Crippen LogP contribution is 2.32. The molecule has 0 saturated heterocycles. The van der Waals surface area contributed by atoms with Gasteiger partial charge in [-0.05, 0) is 73.8 Å². The number of hydrogen-bond acceptors (Lipinski definition) is 3. The first-order chi connectivity index (χ1) is 7.63. The van der Waals surface area contributed by atoms with Crippen molar-refractivity contribution < 1.29 is 18.3 Å². The molecule has 0 heterocycles. The Morgan fingerprint density at radius 2 is 1.82 bits per heavy atom. The van der Waals surface area contributed by atoms with Crippen molar-refractivity contribution in [2.75, 3.05) is 11.0 Å². The quantitative estimate of drug-likeness (QED) is 0.529. The summed E-state index contributed by atoms with van der Waals surface area (Å²) in [5.74, 6) is -1.08. The smallest absolute Gasteiger partial charge is 0.337 e. The highest BCUT2D eigenvalue weighted by molar-refractivity contribution is 14.1. The molecule has 5 nitrogen and oxygen atoms in total. The Morgan fingerprint density at radius 1 is 1.29 bits per heavy atom. The van der Waals surface area contributed by atoms with Gasteiger partial charge >= 0.3 is 5.97 Å². The number of sulfonamides is 1. The summed E-state index contributed by atoms with van der Waals surface area (Å²) >= 11 is 5.71. The number of carbonyl (C=O) groups is 1. The maximum atomic E-state index is 11.2.